The molecule has 0 bridgehead atoms. The van der Waals surface area contributed by atoms with Crippen LogP contribution in [0.25, 0.3) is 5.69 Å². The number of anilines is 1. The van der Waals surface area contributed by atoms with Crippen LogP contribution in [-0.2, 0) is 17.6 Å². The number of benzene rings is 2. The lowest BCUT2D eigenvalue weighted by Gasteiger charge is -2.26. The molecule has 1 aliphatic rings. The largest absolute Gasteiger partial charge is 0.494 e. The summed E-state index contributed by atoms with van der Waals surface area (Å²) in [6, 6.07) is 12.9. The Balaban J connectivity index is 1.76. The van der Waals surface area contributed by atoms with Gasteiger partial charge in [0.05, 0.1) is 19.8 Å². The summed E-state index contributed by atoms with van der Waals surface area (Å²) in [6.45, 7) is 2.77. The second-order valence-electron chi connectivity index (χ2n) is 8.93. The Labute approximate surface area is 211 Å². The summed E-state index contributed by atoms with van der Waals surface area (Å²) in [4.78, 5) is 32.4. The van der Waals surface area contributed by atoms with E-state index in [0.717, 1.165) is 36.9 Å². The first-order chi connectivity index (χ1) is 17.5. The van der Waals surface area contributed by atoms with Crippen molar-refractivity contribution in [1.29, 1.82) is 0 Å². The van der Waals surface area contributed by atoms with Crippen molar-refractivity contribution in [2.24, 2.45) is 0 Å². The zero-order chi connectivity index (χ0) is 25.7. The van der Waals surface area contributed by atoms with E-state index in [9.17, 15) is 14.7 Å². The molecule has 1 N–H and O–H groups in total. The highest BCUT2D eigenvalue weighted by Gasteiger charge is 2.23. The first-order valence-corrected chi connectivity index (χ1v) is 12.4. The Morgan fingerprint density at radius 3 is 2.31 bits per heavy atom. The highest BCUT2D eigenvalue weighted by atomic mass is 16.5. The molecule has 8 heteroatoms. The van der Waals surface area contributed by atoms with E-state index in [1.165, 1.54) is 4.57 Å². The van der Waals surface area contributed by atoms with Gasteiger partial charge in [-0.1, -0.05) is 31.5 Å². The molecule has 1 aliphatic heterocycles. The van der Waals surface area contributed by atoms with Gasteiger partial charge in [0, 0.05) is 31.5 Å². The maximum atomic E-state index is 13.9. The number of ether oxygens (including phenoxy) is 2. The predicted molar refractivity (Wildman–Crippen MR) is 139 cm³/mol. The Morgan fingerprint density at radius 1 is 1.00 bits per heavy atom. The standard InChI is InChI=1S/C28H33N3O5/c1-4-5-11-24-29-27(33)21(28(34)31(24)26-22(35-2)9-8-10-23(26)36-3)18-19-13-15-20(16-14-19)30-17-7-6-12-25(30)32/h8-10,13-16,33H,4-7,11-12,17-18H2,1-3H3. The smallest absolute Gasteiger partial charge is 0.265 e. The lowest BCUT2D eigenvalue weighted by molar-refractivity contribution is -0.119. The molecule has 2 heterocycles. The van der Waals surface area contributed by atoms with Crippen molar-refractivity contribution in [1.82, 2.24) is 9.55 Å². The molecule has 0 spiro atoms. The quantitative estimate of drug-likeness (QED) is 0.477. The fraction of sp³-hybridized carbons (Fsp3) is 0.393. The van der Waals surface area contributed by atoms with Crippen LogP contribution in [0.15, 0.2) is 47.3 Å². The number of carbonyl (C=O) groups excluding carboxylic acids is 1. The number of piperidine rings is 1. The number of hydrogen-bond donors (Lipinski definition) is 1. The van der Waals surface area contributed by atoms with E-state index < -0.39 is 0 Å². The third-order valence-corrected chi connectivity index (χ3v) is 6.56. The van der Waals surface area contributed by atoms with E-state index in [-0.39, 0.29) is 29.3 Å². The molecule has 8 nitrogen and oxygen atoms in total. The van der Waals surface area contributed by atoms with Crippen molar-refractivity contribution in [3.63, 3.8) is 0 Å². The van der Waals surface area contributed by atoms with Gasteiger partial charge in [0.15, 0.2) is 0 Å². The molecule has 0 unspecified atom stereocenters. The molecule has 3 aromatic rings. The van der Waals surface area contributed by atoms with Crippen molar-refractivity contribution in [2.45, 2.75) is 51.9 Å². The molecular formula is C28H33N3O5. The number of aromatic hydroxyl groups is 1. The minimum Gasteiger partial charge on any atom is -0.494 e. The van der Waals surface area contributed by atoms with E-state index in [1.54, 1.807) is 37.3 Å². The van der Waals surface area contributed by atoms with Crippen LogP contribution in [0.3, 0.4) is 0 Å². The average Bonchev–Trinajstić information content (AvgIpc) is 2.90. The van der Waals surface area contributed by atoms with E-state index >= 15 is 0 Å². The molecular weight excluding hydrogens is 458 g/mol. The predicted octanol–water partition coefficient (Wildman–Crippen LogP) is 4.41. The van der Waals surface area contributed by atoms with Crippen molar-refractivity contribution < 1.29 is 19.4 Å². The van der Waals surface area contributed by atoms with E-state index in [4.69, 9.17) is 9.47 Å². The molecule has 2 aromatic carbocycles. The molecule has 0 radical (unpaired) electrons. The van der Waals surface area contributed by atoms with E-state index in [0.29, 0.717) is 42.4 Å². The van der Waals surface area contributed by atoms with Gasteiger partial charge in [-0.2, -0.15) is 4.98 Å². The summed E-state index contributed by atoms with van der Waals surface area (Å²) in [5.41, 5.74) is 1.96. The Morgan fingerprint density at radius 2 is 1.69 bits per heavy atom. The van der Waals surface area contributed by atoms with Gasteiger partial charge in [-0.3, -0.25) is 14.2 Å². The van der Waals surface area contributed by atoms with Crippen molar-refractivity contribution in [2.75, 3.05) is 25.7 Å². The summed E-state index contributed by atoms with van der Waals surface area (Å²) >= 11 is 0. The summed E-state index contributed by atoms with van der Waals surface area (Å²) < 4.78 is 12.6. The van der Waals surface area contributed by atoms with Crippen LogP contribution in [0.4, 0.5) is 5.69 Å². The maximum Gasteiger partial charge on any atom is 0.265 e. The summed E-state index contributed by atoms with van der Waals surface area (Å²) in [5.74, 6) is 1.26. The monoisotopic (exact) mass is 491 g/mol. The van der Waals surface area contributed by atoms with Gasteiger partial charge < -0.3 is 19.5 Å². The number of methoxy groups -OCH3 is 2. The van der Waals surface area contributed by atoms with Crippen molar-refractivity contribution in [3.8, 4) is 23.1 Å². The minimum absolute atomic E-state index is 0.132. The number of rotatable bonds is 9. The second kappa shape index (κ2) is 11.3. The van der Waals surface area contributed by atoms with Crippen molar-refractivity contribution in [3.05, 3.63) is 69.8 Å². The SMILES string of the molecule is CCCCc1nc(O)c(Cc2ccc(N3CCCCC3=O)cc2)c(=O)n1-c1c(OC)cccc1OC. The van der Waals surface area contributed by atoms with Crippen molar-refractivity contribution >= 4 is 11.6 Å². The molecule has 1 saturated heterocycles. The van der Waals surface area contributed by atoms with E-state index in [2.05, 4.69) is 11.9 Å². The van der Waals surface area contributed by atoms with Gasteiger partial charge in [-0.25, -0.2) is 0 Å². The molecule has 1 aromatic heterocycles. The summed E-state index contributed by atoms with van der Waals surface area (Å²) in [5, 5.41) is 10.8. The van der Waals surface area contributed by atoms with Crippen LogP contribution in [0.1, 0.15) is 56.0 Å². The number of unbranched alkanes of at least 4 members (excludes halogenated alkanes) is 1. The van der Waals surface area contributed by atoms with Gasteiger partial charge in [-0.15, -0.1) is 0 Å². The average molecular weight is 492 g/mol. The lowest BCUT2D eigenvalue weighted by Crippen LogP contribution is -2.35. The van der Waals surface area contributed by atoms with Gasteiger partial charge in [0.2, 0.25) is 11.8 Å². The summed E-state index contributed by atoms with van der Waals surface area (Å²) in [6.07, 6.45) is 4.90. The number of para-hydroxylation sites is 1. The molecule has 4 rings (SSSR count). The zero-order valence-corrected chi connectivity index (χ0v) is 21.1. The molecule has 0 atom stereocenters. The number of aromatic nitrogens is 2. The van der Waals surface area contributed by atoms with Crippen LogP contribution in [0.5, 0.6) is 17.4 Å². The second-order valence-corrected chi connectivity index (χ2v) is 8.93. The zero-order valence-electron chi connectivity index (χ0n) is 21.1. The number of carbonyl (C=O) groups is 1. The van der Waals surface area contributed by atoms with Crippen LogP contribution < -0.4 is 19.9 Å². The first-order valence-electron chi connectivity index (χ1n) is 12.4. The fourth-order valence-corrected chi connectivity index (χ4v) is 4.60. The normalized spacial score (nSPS) is 13.6. The molecule has 36 heavy (non-hydrogen) atoms. The Kier molecular flexibility index (Phi) is 7.93. The molecule has 1 amide bonds. The number of nitrogens with zero attached hydrogens (tertiary/aromatic N) is 3. The molecule has 1 fully saturated rings. The number of amides is 1. The van der Waals surface area contributed by atoms with E-state index in [1.807, 2.05) is 24.3 Å². The minimum atomic E-state index is -0.369. The van der Waals surface area contributed by atoms with Gasteiger partial charge >= 0.3 is 0 Å². The van der Waals surface area contributed by atoms with Crippen LogP contribution >= 0.6 is 0 Å². The van der Waals surface area contributed by atoms with Crippen LogP contribution in [0.2, 0.25) is 0 Å². The molecule has 0 saturated carbocycles. The van der Waals surface area contributed by atoms with Gasteiger partial charge in [-0.05, 0) is 49.1 Å². The maximum absolute atomic E-state index is 13.9. The molecule has 0 aliphatic carbocycles. The number of aryl methyl sites for hydroxylation is 1. The van der Waals surface area contributed by atoms with Gasteiger partial charge in [0.1, 0.15) is 23.0 Å². The highest BCUT2D eigenvalue weighted by molar-refractivity contribution is 5.93. The third-order valence-electron chi connectivity index (χ3n) is 6.56. The highest BCUT2D eigenvalue weighted by Crippen LogP contribution is 2.33. The summed E-state index contributed by atoms with van der Waals surface area (Å²) in [7, 11) is 3.08. The fourth-order valence-electron chi connectivity index (χ4n) is 4.60. The topological polar surface area (TPSA) is 93.9 Å². The number of hydrogen-bond acceptors (Lipinski definition) is 6. The Hall–Kier alpha value is -3.81. The van der Waals surface area contributed by atoms with Gasteiger partial charge in [0.25, 0.3) is 5.56 Å². The third kappa shape index (κ3) is 5.08. The Bertz CT molecular complexity index is 1260. The molecule has 190 valence electrons. The lowest BCUT2D eigenvalue weighted by atomic mass is 10.0. The van der Waals surface area contributed by atoms with Crippen LogP contribution in [0, 0.1) is 0 Å². The first kappa shape index (κ1) is 25.3. The van der Waals surface area contributed by atoms with Crippen LogP contribution in [-0.4, -0.2) is 41.3 Å².